The summed E-state index contributed by atoms with van der Waals surface area (Å²) in [6.45, 7) is 0.749. The molecule has 0 bridgehead atoms. The number of phenolic OH excluding ortho intramolecular Hbond substituents is 6. The molecule has 8 N–H and O–H groups in total. The molecule has 16 heteroatoms. The summed E-state index contributed by atoms with van der Waals surface area (Å²) in [5.74, 6) is -0.483. The van der Waals surface area contributed by atoms with Crippen LogP contribution in [0.1, 0.15) is 85.9 Å². The topological polar surface area (TPSA) is 251 Å². The molecule has 12 rings (SSSR count). The van der Waals surface area contributed by atoms with E-state index in [2.05, 4.69) is 10.6 Å². The fourth-order valence-corrected chi connectivity index (χ4v) is 9.86. The molecule has 4 heterocycles. The highest BCUT2D eigenvalue weighted by Gasteiger charge is 2.55. The minimum Gasteiger partial charge on any atom is -0.508 e. The number of esters is 2. The van der Waals surface area contributed by atoms with Crippen molar-refractivity contribution in [3.05, 3.63) is 224 Å². The second-order valence-electron chi connectivity index (χ2n) is 17.9. The van der Waals surface area contributed by atoms with E-state index in [1.807, 2.05) is 0 Å². The lowest BCUT2D eigenvalue weighted by molar-refractivity contribution is 0.0214. The van der Waals surface area contributed by atoms with Crippen LogP contribution >= 0.6 is 0 Å². The monoisotopic (exact) mass is 990 g/mol. The van der Waals surface area contributed by atoms with Gasteiger partial charge in [-0.15, -0.1) is 0 Å². The number of rotatable bonds is 8. The lowest BCUT2D eigenvalue weighted by atomic mass is 9.77. The molecular formula is C58H42N2O14. The van der Waals surface area contributed by atoms with Crippen LogP contribution in [0.25, 0.3) is 0 Å². The Labute approximate surface area is 420 Å². The predicted octanol–water partition coefficient (Wildman–Crippen LogP) is 8.69. The van der Waals surface area contributed by atoms with Crippen molar-refractivity contribution in [1.29, 1.82) is 0 Å². The average Bonchev–Trinajstić information content (AvgIpc) is 3.88. The van der Waals surface area contributed by atoms with Gasteiger partial charge in [0.25, 0.3) is 11.8 Å². The SMILES string of the molecule is O=C(NCCc1ccc(O)cc1)c1ccc2c(c1)C(=O)OC21c2ccc(O)cc2Oc2cc(O)ccc21.O=C(NCCc1ccc(O)cc1)c1ccc2c(c1)C1(OC2=O)c2ccc(O)cc2Oc2cc(O)ccc21. The first-order chi connectivity index (χ1) is 35.7. The largest absolute Gasteiger partial charge is 0.508 e. The highest BCUT2D eigenvalue weighted by atomic mass is 16.6. The highest BCUT2D eigenvalue weighted by Crippen LogP contribution is 2.59. The van der Waals surface area contributed by atoms with Gasteiger partial charge in [-0.1, -0.05) is 30.3 Å². The molecule has 4 aliphatic rings. The second-order valence-corrected chi connectivity index (χ2v) is 17.9. The summed E-state index contributed by atoms with van der Waals surface area (Å²) in [4.78, 5) is 52.1. The van der Waals surface area contributed by atoms with E-state index in [0.29, 0.717) is 76.0 Å². The summed E-state index contributed by atoms with van der Waals surface area (Å²) in [6.07, 6.45) is 1.16. The molecule has 8 aromatic rings. The zero-order valence-corrected chi connectivity index (χ0v) is 38.8. The lowest BCUT2D eigenvalue weighted by Gasteiger charge is -2.36. The van der Waals surface area contributed by atoms with Crippen LogP contribution in [0.3, 0.4) is 0 Å². The van der Waals surface area contributed by atoms with Crippen molar-refractivity contribution in [3.8, 4) is 57.5 Å². The van der Waals surface area contributed by atoms with Gasteiger partial charge >= 0.3 is 11.9 Å². The van der Waals surface area contributed by atoms with Gasteiger partial charge in [-0.25, -0.2) is 9.59 Å². The van der Waals surface area contributed by atoms with Gasteiger partial charge in [0.2, 0.25) is 0 Å². The Bertz CT molecular complexity index is 3530. The van der Waals surface area contributed by atoms with Crippen LogP contribution in [0, 0.1) is 0 Å². The van der Waals surface area contributed by atoms with E-state index in [1.54, 1.807) is 103 Å². The maximum absolute atomic E-state index is 13.2. The van der Waals surface area contributed by atoms with Crippen molar-refractivity contribution < 1.29 is 68.8 Å². The molecule has 0 aromatic heterocycles. The van der Waals surface area contributed by atoms with Gasteiger partial charge in [0.1, 0.15) is 57.5 Å². The average molecular weight is 991 g/mol. The molecule has 0 saturated heterocycles. The quantitative estimate of drug-likeness (QED) is 0.0664. The van der Waals surface area contributed by atoms with Crippen LogP contribution in [0.4, 0.5) is 0 Å². The number of hydrogen-bond acceptors (Lipinski definition) is 14. The molecule has 0 unspecified atom stereocenters. The maximum Gasteiger partial charge on any atom is 0.340 e. The van der Waals surface area contributed by atoms with Gasteiger partial charge in [0.05, 0.1) is 11.1 Å². The van der Waals surface area contributed by atoms with E-state index in [-0.39, 0.29) is 74.9 Å². The summed E-state index contributed by atoms with van der Waals surface area (Å²) in [5, 5.41) is 64.8. The Morgan fingerprint density at radius 3 is 1.16 bits per heavy atom. The van der Waals surface area contributed by atoms with E-state index >= 15 is 0 Å². The Kier molecular flexibility index (Phi) is 11.3. The Morgan fingerprint density at radius 2 is 0.730 bits per heavy atom. The summed E-state index contributed by atoms with van der Waals surface area (Å²) in [6, 6.07) is 41.2. The molecule has 368 valence electrons. The number of nitrogens with one attached hydrogen (secondary N) is 2. The normalized spacial score (nSPS) is 14.2. The predicted molar refractivity (Wildman–Crippen MR) is 264 cm³/mol. The third-order valence-corrected chi connectivity index (χ3v) is 13.3. The number of phenols is 6. The summed E-state index contributed by atoms with van der Waals surface area (Å²) in [5.41, 5.74) is 3.32. The maximum atomic E-state index is 13.2. The smallest absolute Gasteiger partial charge is 0.340 e. The van der Waals surface area contributed by atoms with Crippen molar-refractivity contribution in [2.24, 2.45) is 0 Å². The number of ether oxygens (including phenoxy) is 4. The fourth-order valence-electron chi connectivity index (χ4n) is 9.86. The molecule has 74 heavy (non-hydrogen) atoms. The Morgan fingerprint density at radius 1 is 0.378 bits per heavy atom. The summed E-state index contributed by atoms with van der Waals surface area (Å²) < 4.78 is 24.0. The van der Waals surface area contributed by atoms with E-state index in [4.69, 9.17) is 18.9 Å². The van der Waals surface area contributed by atoms with Gasteiger partial charge in [-0.2, -0.15) is 0 Å². The Balaban J connectivity index is 0.000000159. The van der Waals surface area contributed by atoms with Gasteiger partial charge in [-0.3, -0.25) is 9.59 Å². The number of benzene rings is 8. The number of amides is 2. The minimum atomic E-state index is -1.43. The molecule has 2 spiro atoms. The third kappa shape index (κ3) is 7.99. The van der Waals surface area contributed by atoms with Crippen LogP contribution in [0.2, 0.25) is 0 Å². The van der Waals surface area contributed by atoms with Crippen LogP contribution in [-0.4, -0.2) is 67.5 Å². The molecule has 2 amide bonds. The lowest BCUT2D eigenvalue weighted by Crippen LogP contribution is -2.33. The zero-order valence-electron chi connectivity index (χ0n) is 38.8. The van der Waals surface area contributed by atoms with Crippen LogP contribution in [0.15, 0.2) is 158 Å². The fraction of sp³-hybridized carbons (Fsp3) is 0.103. The number of aromatic hydroxyl groups is 6. The van der Waals surface area contributed by atoms with Crippen molar-refractivity contribution in [1.82, 2.24) is 10.6 Å². The molecule has 4 aliphatic heterocycles. The van der Waals surface area contributed by atoms with Gasteiger partial charge < -0.3 is 60.2 Å². The molecule has 0 atom stereocenters. The molecule has 0 fully saturated rings. The van der Waals surface area contributed by atoms with Gasteiger partial charge in [-0.05, 0) is 127 Å². The van der Waals surface area contributed by atoms with Crippen molar-refractivity contribution in [2.45, 2.75) is 24.0 Å². The molecule has 0 radical (unpaired) electrons. The van der Waals surface area contributed by atoms with Crippen molar-refractivity contribution in [3.63, 3.8) is 0 Å². The second kappa shape index (κ2) is 18.0. The molecule has 0 aliphatic carbocycles. The van der Waals surface area contributed by atoms with Crippen molar-refractivity contribution >= 4 is 23.8 Å². The van der Waals surface area contributed by atoms with Crippen LogP contribution < -0.4 is 20.1 Å². The van der Waals surface area contributed by atoms with E-state index in [9.17, 15) is 49.8 Å². The van der Waals surface area contributed by atoms with Gasteiger partial charge in [0.15, 0.2) is 11.2 Å². The van der Waals surface area contributed by atoms with E-state index in [0.717, 1.165) is 11.1 Å². The summed E-state index contributed by atoms with van der Waals surface area (Å²) in [7, 11) is 0. The standard InChI is InChI=1S/2C29H21NO7/c31-18-4-1-16(2-5-18)11-12-30-27(34)17-3-8-22-21(13-17)28(35)37-29(22)23-9-6-19(32)14-25(23)36-26-15-20(33)7-10-24(26)29;31-18-4-1-16(2-5-18)11-12-30-27(34)17-3-8-21-24(13-17)29(37-28(21)35)22-9-6-19(32)14-25(22)36-26-15-20(33)7-10-23(26)29/h2*1-10,13-15,31-33H,11-12H2,(H,30,34). The third-order valence-electron chi connectivity index (χ3n) is 13.3. The number of carbonyl (C=O) groups excluding carboxylic acids is 4. The van der Waals surface area contributed by atoms with Crippen molar-refractivity contribution in [2.75, 3.05) is 13.1 Å². The van der Waals surface area contributed by atoms with Gasteiger partial charge in [0, 0.05) is 81.9 Å². The molecule has 8 aromatic carbocycles. The summed E-state index contributed by atoms with van der Waals surface area (Å²) >= 11 is 0. The number of carbonyl (C=O) groups is 4. The first-order valence-corrected chi connectivity index (χ1v) is 23.3. The number of hydrogen-bond donors (Lipinski definition) is 8. The van der Waals surface area contributed by atoms with Crippen LogP contribution in [-0.2, 0) is 33.5 Å². The molecule has 16 nitrogen and oxygen atoms in total. The van der Waals surface area contributed by atoms with E-state index < -0.39 is 23.1 Å². The minimum absolute atomic E-state index is 0.0265. The first kappa shape index (κ1) is 46.4. The van der Waals surface area contributed by atoms with Crippen LogP contribution in [0.5, 0.6) is 57.5 Å². The highest BCUT2D eigenvalue weighted by molar-refractivity contribution is 6.02. The molecular weight excluding hydrogens is 949 g/mol. The molecule has 0 saturated carbocycles. The number of fused-ring (bicyclic) bond motifs is 12. The van der Waals surface area contributed by atoms with E-state index in [1.165, 1.54) is 54.6 Å². The first-order valence-electron chi connectivity index (χ1n) is 23.3. The Hall–Kier alpha value is -9.96. The zero-order chi connectivity index (χ0) is 51.5.